The fraction of sp³-hybridized carbons (Fsp3) is 0.0588. The van der Waals surface area contributed by atoms with Crippen molar-refractivity contribution in [3.05, 3.63) is 193 Å². The van der Waals surface area contributed by atoms with Crippen molar-refractivity contribution >= 4 is 43.6 Å². The molecule has 0 spiro atoms. The predicted octanol–water partition coefficient (Wildman–Crippen LogP) is 13.5. The number of hydrogen-bond donors (Lipinski definition) is 0. The second-order valence-electron chi connectivity index (χ2n) is 15.0. The molecule has 1 aliphatic rings. The number of benzene rings is 8. The normalized spacial score (nSPS) is 13.2. The fourth-order valence-electron chi connectivity index (χ4n) is 9.22. The van der Waals surface area contributed by atoms with Crippen molar-refractivity contribution < 1.29 is 0 Å². The van der Waals surface area contributed by atoms with E-state index in [1.54, 1.807) is 0 Å². The summed E-state index contributed by atoms with van der Waals surface area (Å²) in [5.41, 5.74) is 17.4. The van der Waals surface area contributed by atoms with Gasteiger partial charge in [-0.1, -0.05) is 147 Å². The fourth-order valence-corrected chi connectivity index (χ4v) is 9.22. The van der Waals surface area contributed by atoms with Gasteiger partial charge in [0, 0.05) is 38.3 Å². The summed E-state index contributed by atoms with van der Waals surface area (Å²) in [7, 11) is 0. The van der Waals surface area contributed by atoms with E-state index in [1.165, 1.54) is 93.8 Å². The van der Waals surface area contributed by atoms with Gasteiger partial charge < -0.3 is 9.13 Å². The lowest BCUT2D eigenvalue weighted by molar-refractivity contribution is 0.660. The summed E-state index contributed by atoms with van der Waals surface area (Å²) in [4.78, 5) is 0. The van der Waals surface area contributed by atoms with Crippen LogP contribution in [0.15, 0.2) is 182 Å². The summed E-state index contributed by atoms with van der Waals surface area (Å²) in [5.74, 6) is 0. The van der Waals surface area contributed by atoms with Gasteiger partial charge >= 0.3 is 0 Å². The number of rotatable bonds is 4. The van der Waals surface area contributed by atoms with Crippen LogP contribution in [-0.2, 0) is 5.41 Å². The molecule has 8 aromatic carbocycles. The van der Waals surface area contributed by atoms with E-state index in [4.69, 9.17) is 0 Å². The second-order valence-corrected chi connectivity index (χ2v) is 15.0. The third-order valence-corrected chi connectivity index (χ3v) is 11.7. The minimum atomic E-state index is -0.0827. The molecule has 2 heteroatoms. The maximum absolute atomic E-state index is 2.52. The second kappa shape index (κ2) is 11.2. The minimum Gasteiger partial charge on any atom is -0.309 e. The van der Waals surface area contributed by atoms with E-state index in [2.05, 4.69) is 205 Å². The van der Waals surface area contributed by atoms with Crippen molar-refractivity contribution in [3.63, 3.8) is 0 Å². The number of hydrogen-bond acceptors (Lipinski definition) is 0. The summed E-state index contributed by atoms with van der Waals surface area (Å²) >= 11 is 0. The van der Waals surface area contributed by atoms with E-state index in [9.17, 15) is 0 Å². The predicted molar refractivity (Wildman–Crippen MR) is 224 cm³/mol. The van der Waals surface area contributed by atoms with E-state index >= 15 is 0 Å². The summed E-state index contributed by atoms with van der Waals surface area (Å²) in [6.45, 7) is 4.73. The van der Waals surface area contributed by atoms with Crippen LogP contribution in [0.4, 0.5) is 0 Å². The zero-order chi connectivity index (χ0) is 35.3. The van der Waals surface area contributed by atoms with Crippen molar-refractivity contribution in [1.29, 1.82) is 0 Å². The first-order chi connectivity index (χ1) is 26.1. The first kappa shape index (κ1) is 30.0. The topological polar surface area (TPSA) is 9.86 Å². The molecular weight excluding hydrogens is 641 g/mol. The van der Waals surface area contributed by atoms with Crippen LogP contribution in [0.5, 0.6) is 0 Å². The van der Waals surface area contributed by atoms with Gasteiger partial charge in [-0.2, -0.15) is 0 Å². The zero-order valence-electron chi connectivity index (χ0n) is 29.7. The Hall–Kier alpha value is -6.64. The molecule has 0 amide bonds. The summed E-state index contributed by atoms with van der Waals surface area (Å²) < 4.78 is 5.01. The Bertz CT molecular complexity index is 3010. The van der Waals surface area contributed by atoms with Crippen LogP contribution in [-0.4, -0.2) is 9.13 Å². The largest absolute Gasteiger partial charge is 0.309 e. The van der Waals surface area contributed by atoms with Gasteiger partial charge in [-0.05, 0) is 93.0 Å². The zero-order valence-corrected chi connectivity index (χ0v) is 29.7. The molecule has 0 fully saturated rings. The average Bonchev–Trinajstić information content (AvgIpc) is 3.81. The monoisotopic (exact) mass is 676 g/mol. The summed E-state index contributed by atoms with van der Waals surface area (Å²) in [5, 5.41) is 5.03. The van der Waals surface area contributed by atoms with Crippen molar-refractivity contribution in [1.82, 2.24) is 9.13 Å². The maximum atomic E-state index is 2.52. The lowest BCUT2D eigenvalue weighted by atomic mass is 9.82. The van der Waals surface area contributed by atoms with Crippen LogP contribution in [0.2, 0.25) is 0 Å². The Morgan fingerprint density at radius 3 is 1.66 bits per heavy atom. The highest BCUT2D eigenvalue weighted by Gasteiger charge is 2.35. The molecular formula is C51H36N2. The molecule has 250 valence electrons. The molecule has 11 rings (SSSR count). The number of nitrogens with zero attached hydrogens (tertiary/aromatic N) is 2. The quantitative estimate of drug-likeness (QED) is 0.176. The van der Waals surface area contributed by atoms with Gasteiger partial charge in [0.15, 0.2) is 0 Å². The smallest absolute Gasteiger partial charge is 0.0641 e. The molecule has 0 radical (unpaired) electrons. The van der Waals surface area contributed by atoms with Gasteiger partial charge in [-0.25, -0.2) is 0 Å². The van der Waals surface area contributed by atoms with Gasteiger partial charge in [-0.15, -0.1) is 0 Å². The first-order valence-corrected chi connectivity index (χ1v) is 18.5. The van der Waals surface area contributed by atoms with E-state index in [0.717, 1.165) is 5.69 Å². The summed E-state index contributed by atoms with van der Waals surface area (Å²) in [6.07, 6.45) is 0. The van der Waals surface area contributed by atoms with Crippen LogP contribution >= 0.6 is 0 Å². The highest BCUT2D eigenvalue weighted by Crippen LogP contribution is 2.50. The maximum Gasteiger partial charge on any atom is 0.0641 e. The summed E-state index contributed by atoms with van der Waals surface area (Å²) in [6, 6.07) is 67.1. The highest BCUT2D eigenvalue weighted by atomic mass is 15.0. The molecule has 0 saturated carbocycles. The van der Waals surface area contributed by atoms with E-state index < -0.39 is 0 Å². The van der Waals surface area contributed by atoms with Gasteiger partial charge in [0.25, 0.3) is 0 Å². The van der Waals surface area contributed by atoms with Crippen LogP contribution in [0, 0.1) is 0 Å². The first-order valence-electron chi connectivity index (χ1n) is 18.5. The molecule has 2 nitrogen and oxygen atoms in total. The molecule has 0 unspecified atom stereocenters. The molecule has 53 heavy (non-hydrogen) atoms. The average molecular weight is 677 g/mol. The number of fused-ring (bicyclic) bond motifs is 10. The lowest BCUT2D eigenvalue weighted by Crippen LogP contribution is -2.15. The molecule has 1 aliphatic carbocycles. The Labute approximate surface area is 308 Å². The Balaban J connectivity index is 1.24. The van der Waals surface area contributed by atoms with Crippen LogP contribution in [0.1, 0.15) is 25.0 Å². The van der Waals surface area contributed by atoms with E-state index in [-0.39, 0.29) is 5.41 Å². The molecule has 0 atom stereocenters. The van der Waals surface area contributed by atoms with Gasteiger partial charge in [0.05, 0.1) is 22.1 Å². The number of aromatic nitrogens is 2. The Morgan fingerprint density at radius 1 is 0.358 bits per heavy atom. The molecule has 0 bridgehead atoms. The SMILES string of the molecule is CC1(C)c2ccccc2-c2ccc(-n3c4ccccc4c4c3ccc3c5ccccc5n(-c5cc(-c6ccccc6)cc(-c6ccccc6)c5)c34)cc21. The van der Waals surface area contributed by atoms with Gasteiger partial charge in [0.1, 0.15) is 0 Å². The molecule has 2 heterocycles. The Kier molecular flexibility index (Phi) is 6.33. The van der Waals surface area contributed by atoms with Crippen LogP contribution in [0.3, 0.4) is 0 Å². The van der Waals surface area contributed by atoms with Crippen molar-refractivity contribution in [2.45, 2.75) is 19.3 Å². The van der Waals surface area contributed by atoms with Gasteiger partial charge in [-0.3, -0.25) is 0 Å². The number of para-hydroxylation sites is 2. The standard InChI is InChI=1S/C51H36N2/c1-51(2)44-22-12-9-19-39(44)40-26-25-37(32-45(40)51)52-47-24-14-11-21-43(47)49-48(52)28-27-42-41-20-10-13-23-46(41)53(50(42)49)38-30-35(33-15-5-3-6-16-33)29-36(31-38)34-17-7-4-8-18-34/h3-32H,1-2H3. The Morgan fingerprint density at radius 2 is 0.943 bits per heavy atom. The van der Waals surface area contributed by atoms with Crippen molar-refractivity contribution in [3.8, 4) is 44.8 Å². The lowest BCUT2D eigenvalue weighted by Gasteiger charge is -2.22. The van der Waals surface area contributed by atoms with Gasteiger partial charge in [0.2, 0.25) is 0 Å². The minimum absolute atomic E-state index is 0.0827. The molecule has 2 aromatic heterocycles. The third-order valence-electron chi connectivity index (χ3n) is 11.7. The van der Waals surface area contributed by atoms with E-state index in [1.807, 2.05) is 0 Å². The molecule has 0 saturated heterocycles. The molecule has 10 aromatic rings. The van der Waals surface area contributed by atoms with Crippen LogP contribution in [0.25, 0.3) is 88.4 Å². The highest BCUT2D eigenvalue weighted by molar-refractivity contribution is 6.26. The van der Waals surface area contributed by atoms with Crippen molar-refractivity contribution in [2.75, 3.05) is 0 Å². The molecule has 0 N–H and O–H groups in total. The van der Waals surface area contributed by atoms with Crippen LogP contribution < -0.4 is 0 Å². The third kappa shape index (κ3) is 4.33. The van der Waals surface area contributed by atoms with Crippen molar-refractivity contribution in [2.24, 2.45) is 0 Å². The van der Waals surface area contributed by atoms with E-state index in [0.29, 0.717) is 0 Å². The molecule has 0 aliphatic heterocycles.